The molecular formula is C30H38N4O6. The zero-order valence-electron chi connectivity index (χ0n) is 23.9. The summed E-state index contributed by atoms with van der Waals surface area (Å²) in [7, 11) is 5.34. The summed E-state index contributed by atoms with van der Waals surface area (Å²) in [6, 6.07) is 13.3. The summed E-state index contributed by atoms with van der Waals surface area (Å²) < 4.78 is 10.5. The molecule has 2 aromatic carbocycles. The third kappa shape index (κ3) is 8.67. The number of fused-ring (bicyclic) bond motifs is 1. The second-order valence-electron chi connectivity index (χ2n) is 10.9. The van der Waals surface area contributed by atoms with Crippen molar-refractivity contribution < 1.29 is 28.7 Å². The number of aromatic nitrogens is 1. The standard InChI is InChI=1S/C30H38N4O6/c1-30(2,3)40-29(38)32-24(17-20-11-8-7-9-12-20)27(36)34(6)19-25(35)39-28(37)22-13-10-14-23-26(22)21(18-31-23)15-16-33(4)5/h7-14,18,24,31H,15-17,19H2,1-6H3,(H,32,38)/t24-/m0/s1. The molecule has 10 heteroatoms. The van der Waals surface area contributed by atoms with E-state index in [1.165, 1.54) is 7.05 Å². The lowest BCUT2D eigenvalue weighted by atomic mass is 10.0. The van der Waals surface area contributed by atoms with Crippen LogP contribution in [0.4, 0.5) is 4.79 Å². The first-order valence-electron chi connectivity index (χ1n) is 13.1. The van der Waals surface area contributed by atoms with Gasteiger partial charge in [0.05, 0.1) is 5.56 Å². The topological polar surface area (TPSA) is 121 Å². The molecule has 0 saturated carbocycles. The number of hydrogen-bond donors (Lipinski definition) is 2. The van der Waals surface area contributed by atoms with Crippen LogP contribution in [0.5, 0.6) is 0 Å². The fourth-order valence-corrected chi connectivity index (χ4v) is 4.19. The Morgan fingerprint density at radius 1 is 0.975 bits per heavy atom. The molecular weight excluding hydrogens is 512 g/mol. The lowest BCUT2D eigenvalue weighted by Gasteiger charge is -2.26. The number of alkyl carbamates (subject to hydrolysis) is 1. The zero-order chi connectivity index (χ0) is 29.4. The van der Waals surface area contributed by atoms with Crippen molar-refractivity contribution in [3.63, 3.8) is 0 Å². The van der Waals surface area contributed by atoms with Crippen LogP contribution in [0.3, 0.4) is 0 Å². The third-order valence-electron chi connectivity index (χ3n) is 6.06. The van der Waals surface area contributed by atoms with E-state index in [0.29, 0.717) is 11.8 Å². The molecule has 0 bridgehead atoms. The van der Waals surface area contributed by atoms with Crippen molar-refractivity contribution in [3.05, 3.63) is 71.4 Å². The SMILES string of the molecule is CN(C)CCc1c[nH]c2cccc(C(=O)OC(=O)CN(C)C(=O)[C@H](Cc3ccccc3)NC(=O)OC(C)(C)C)c12. The molecule has 0 saturated heterocycles. The van der Waals surface area contributed by atoms with Gasteiger partial charge in [-0.25, -0.2) is 14.4 Å². The molecule has 0 unspecified atom stereocenters. The highest BCUT2D eigenvalue weighted by Crippen LogP contribution is 2.24. The van der Waals surface area contributed by atoms with Crippen LogP contribution in [-0.2, 0) is 31.9 Å². The predicted molar refractivity (Wildman–Crippen MR) is 152 cm³/mol. The lowest BCUT2D eigenvalue weighted by Crippen LogP contribution is -2.50. The Bertz CT molecular complexity index is 1340. The van der Waals surface area contributed by atoms with E-state index in [2.05, 4.69) is 10.3 Å². The Morgan fingerprint density at radius 2 is 1.68 bits per heavy atom. The summed E-state index contributed by atoms with van der Waals surface area (Å²) in [4.78, 5) is 57.9. The van der Waals surface area contributed by atoms with Crippen LogP contribution in [0.1, 0.15) is 42.3 Å². The first-order chi connectivity index (χ1) is 18.8. The van der Waals surface area contributed by atoms with Crippen LogP contribution in [0.2, 0.25) is 0 Å². The fourth-order valence-electron chi connectivity index (χ4n) is 4.19. The van der Waals surface area contributed by atoms with Gasteiger partial charge in [-0.2, -0.15) is 0 Å². The Labute approximate surface area is 234 Å². The van der Waals surface area contributed by atoms with E-state index in [1.807, 2.05) is 61.6 Å². The van der Waals surface area contributed by atoms with Crippen LogP contribution in [0, 0.1) is 0 Å². The van der Waals surface area contributed by atoms with Crippen molar-refractivity contribution >= 4 is 34.8 Å². The highest BCUT2D eigenvalue weighted by atomic mass is 16.6. The maximum absolute atomic E-state index is 13.3. The van der Waals surface area contributed by atoms with E-state index in [9.17, 15) is 19.2 Å². The molecule has 0 aliphatic carbocycles. The predicted octanol–water partition coefficient (Wildman–Crippen LogP) is 3.55. The van der Waals surface area contributed by atoms with E-state index >= 15 is 0 Å². The minimum Gasteiger partial charge on any atom is -0.444 e. The largest absolute Gasteiger partial charge is 0.444 e. The molecule has 1 heterocycles. The number of amides is 2. The molecule has 10 nitrogen and oxygen atoms in total. The number of esters is 2. The van der Waals surface area contributed by atoms with Gasteiger partial charge >= 0.3 is 18.0 Å². The molecule has 1 atom stereocenters. The van der Waals surface area contributed by atoms with Gasteiger partial charge in [0.2, 0.25) is 5.91 Å². The second-order valence-corrected chi connectivity index (χ2v) is 10.9. The summed E-state index contributed by atoms with van der Waals surface area (Å²) in [5, 5.41) is 3.31. The van der Waals surface area contributed by atoms with Gasteiger partial charge in [0.15, 0.2) is 0 Å². The van der Waals surface area contributed by atoms with E-state index in [4.69, 9.17) is 9.47 Å². The van der Waals surface area contributed by atoms with Crippen LogP contribution < -0.4 is 5.32 Å². The van der Waals surface area contributed by atoms with E-state index in [0.717, 1.165) is 28.1 Å². The number of likely N-dealkylation sites (N-methyl/N-ethyl adjacent to an activating group) is 2. The Balaban J connectivity index is 1.70. The summed E-state index contributed by atoms with van der Waals surface area (Å²) in [5.41, 5.74) is 2.03. The van der Waals surface area contributed by atoms with Crippen molar-refractivity contribution in [2.45, 2.75) is 45.3 Å². The Kier molecular flexibility index (Phi) is 10.1. The molecule has 0 aliphatic heterocycles. The van der Waals surface area contributed by atoms with Gasteiger partial charge in [-0.3, -0.25) is 4.79 Å². The molecule has 0 spiro atoms. The van der Waals surface area contributed by atoms with Crippen LogP contribution in [-0.4, -0.2) is 84.6 Å². The highest BCUT2D eigenvalue weighted by molar-refractivity contribution is 6.08. The minimum atomic E-state index is -1.00. The molecule has 40 heavy (non-hydrogen) atoms. The zero-order valence-corrected chi connectivity index (χ0v) is 23.9. The maximum Gasteiger partial charge on any atom is 0.408 e. The van der Waals surface area contributed by atoms with Crippen molar-refractivity contribution in [2.24, 2.45) is 0 Å². The number of nitrogens with one attached hydrogen (secondary N) is 2. The van der Waals surface area contributed by atoms with E-state index in [-0.39, 0.29) is 12.0 Å². The Morgan fingerprint density at radius 3 is 2.33 bits per heavy atom. The quantitative estimate of drug-likeness (QED) is 0.293. The number of rotatable bonds is 10. The van der Waals surface area contributed by atoms with Crippen molar-refractivity contribution in [1.82, 2.24) is 20.1 Å². The van der Waals surface area contributed by atoms with Gasteiger partial charge in [0.1, 0.15) is 18.2 Å². The number of carbonyl (C=O) groups is 4. The van der Waals surface area contributed by atoms with Gasteiger partial charge in [-0.15, -0.1) is 0 Å². The summed E-state index contributed by atoms with van der Waals surface area (Å²) in [6.45, 7) is 5.46. The van der Waals surface area contributed by atoms with Gasteiger partial charge in [0.25, 0.3) is 0 Å². The molecule has 0 aliphatic rings. The van der Waals surface area contributed by atoms with Gasteiger partial charge < -0.3 is 29.6 Å². The molecule has 2 amide bonds. The summed E-state index contributed by atoms with van der Waals surface area (Å²) in [6.07, 6.45) is 1.99. The third-order valence-corrected chi connectivity index (χ3v) is 6.06. The van der Waals surface area contributed by atoms with Gasteiger partial charge in [0, 0.05) is 37.1 Å². The number of aromatic amines is 1. The van der Waals surface area contributed by atoms with Crippen molar-refractivity contribution in [2.75, 3.05) is 34.2 Å². The number of ether oxygens (including phenoxy) is 2. The van der Waals surface area contributed by atoms with E-state index < -0.39 is 42.1 Å². The lowest BCUT2D eigenvalue weighted by molar-refractivity contribution is -0.144. The average Bonchev–Trinajstić information content (AvgIpc) is 3.29. The highest BCUT2D eigenvalue weighted by Gasteiger charge is 2.29. The average molecular weight is 551 g/mol. The number of nitrogens with zero attached hydrogens (tertiary/aromatic N) is 2. The molecule has 0 fully saturated rings. The monoisotopic (exact) mass is 550 g/mol. The number of carbonyl (C=O) groups excluding carboxylic acids is 4. The Hall–Kier alpha value is -4.18. The summed E-state index contributed by atoms with van der Waals surface area (Å²) >= 11 is 0. The maximum atomic E-state index is 13.3. The molecule has 1 aromatic heterocycles. The summed E-state index contributed by atoms with van der Waals surface area (Å²) in [5.74, 6) is -2.22. The smallest absolute Gasteiger partial charge is 0.408 e. The van der Waals surface area contributed by atoms with Crippen molar-refractivity contribution in [1.29, 1.82) is 0 Å². The molecule has 0 radical (unpaired) electrons. The van der Waals surface area contributed by atoms with E-state index in [1.54, 1.807) is 32.9 Å². The molecule has 3 aromatic rings. The number of benzene rings is 2. The number of hydrogen-bond acceptors (Lipinski definition) is 7. The minimum absolute atomic E-state index is 0.183. The number of H-pyrrole nitrogens is 1. The van der Waals surface area contributed by atoms with Crippen LogP contribution >= 0.6 is 0 Å². The first-order valence-corrected chi connectivity index (χ1v) is 13.1. The molecule has 2 N–H and O–H groups in total. The van der Waals surface area contributed by atoms with Gasteiger partial charge in [-0.1, -0.05) is 36.4 Å². The normalized spacial score (nSPS) is 12.2. The molecule has 3 rings (SSSR count). The first kappa shape index (κ1) is 30.4. The molecule has 214 valence electrons. The fraction of sp³-hybridized carbons (Fsp3) is 0.400. The van der Waals surface area contributed by atoms with Gasteiger partial charge in [-0.05, 0) is 64.5 Å². The van der Waals surface area contributed by atoms with Crippen molar-refractivity contribution in [3.8, 4) is 0 Å². The van der Waals surface area contributed by atoms with Crippen LogP contribution in [0.25, 0.3) is 10.9 Å². The van der Waals surface area contributed by atoms with Crippen LogP contribution in [0.15, 0.2) is 54.7 Å². The second kappa shape index (κ2) is 13.3.